The lowest BCUT2D eigenvalue weighted by atomic mass is 10.0. The number of amides is 1. The molecule has 0 fully saturated rings. The summed E-state index contributed by atoms with van der Waals surface area (Å²) >= 11 is 0. The van der Waals surface area contributed by atoms with Gasteiger partial charge in [0.25, 0.3) is 5.91 Å². The Labute approximate surface area is 208 Å². The molecule has 2 heterocycles. The van der Waals surface area contributed by atoms with E-state index in [0.717, 1.165) is 16.8 Å². The summed E-state index contributed by atoms with van der Waals surface area (Å²) < 4.78 is 26.2. The van der Waals surface area contributed by atoms with Crippen LogP contribution in [0.3, 0.4) is 0 Å². The Hall–Kier alpha value is -4.43. The number of fused-ring (bicyclic) bond motifs is 1. The Kier molecular flexibility index (Phi) is 5.81. The number of hydrogen-bond donors (Lipinski definition) is 3. The van der Waals surface area contributed by atoms with Crippen molar-refractivity contribution >= 4 is 39.1 Å². The maximum Gasteiger partial charge on any atom is 0.335 e. The molecule has 0 saturated carbocycles. The Morgan fingerprint density at radius 2 is 1.67 bits per heavy atom. The normalized spacial score (nSPS) is 14.0. The van der Waals surface area contributed by atoms with Gasteiger partial charge in [0.15, 0.2) is 9.84 Å². The molecule has 0 saturated heterocycles. The molecule has 3 aromatic carbocycles. The number of hydrogen-bond acceptors (Lipinski definition) is 4. The third-order valence-electron chi connectivity index (χ3n) is 6.05. The van der Waals surface area contributed by atoms with Crippen molar-refractivity contribution in [1.82, 2.24) is 4.98 Å². The van der Waals surface area contributed by atoms with E-state index in [0.29, 0.717) is 28.1 Å². The third-order valence-corrected chi connectivity index (χ3v) is 7.73. The van der Waals surface area contributed by atoms with Crippen LogP contribution in [-0.2, 0) is 20.4 Å². The maximum absolute atomic E-state index is 13.1. The van der Waals surface area contributed by atoms with E-state index in [9.17, 15) is 23.1 Å². The quantitative estimate of drug-likeness (QED) is 0.318. The molecule has 36 heavy (non-hydrogen) atoms. The van der Waals surface area contributed by atoms with Gasteiger partial charge in [-0.2, -0.15) is 0 Å². The lowest BCUT2D eigenvalue weighted by molar-refractivity contribution is -0.110. The van der Waals surface area contributed by atoms with Crippen LogP contribution in [0.1, 0.15) is 32.9 Å². The molecule has 8 heteroatoms. The van der Waals surface area contributed by atoms with Gasteiger partial charge >= 0.3 is 5.97 Å². The summed E-state index contributed by atoms with van der Waals surface area (Å²) in [6.07, 6.45) is 1.70. The minimum Gasteiger partial charge on any atom is -0.478 e. The predicted molar refractivity (Wildman–Crippen MR) is 138 cm³/mol. The molecule has 1 aliphatic heterocycles. The zero-order chi connectivity index (χ0) is 25.4. The molecule has 7 nitrogen and oxygen atoms in total. The Morgan fingerprint density at radius 1 is 0.944 bits per heavy atom. The molecule has 0 unspecified atom stereocenters. The van der Waals surface area contributed by atoms with Gasteiger partial charge in [-0.15, -0.1) is 0 Å². The molecule has 180 valence electrons. The van der Waals surface area contributed by atoms with Crippen molar-refractivity contribution < 1.29 is 23.1 Å². The van der Waals surface area contributed by atoms with E-state index >= 15 is 0 Å². The molecule has 4 aromatic rings. The van der Waals surface area contributed by atoms with E-state index < -0.39 is 15.8 Å². The van der Waals surface area contributed by atoms with Crippen LogP contribution in [0.5, 0.6) is 0 Å². The average molecular weight is 499 g/mol. The molecular formula is C28H22N2O5S. The summed E-state index contributed by atoms with van der Waals surface area (Å²) in [6.45, 7) is 1.88. The monoisotopic (exact) mass is 498 g/mol. The largest absolute Gasteiger partial charge is 0.478 e. The Balaban J connectivity index is 1.54. The molecule has 1 aliphatic rings. The molecule has 3 N–H and O–H groups in total. The van der Waals surface area contributed by atoms with Crippen LogP contribution in [0.4, 0.5) is 5.69 Å². The molecule has 0 bridgehead atoms. The van der Waals surface area contributed by atoms with Gasteiger partial charge in [0.1, 0.15) is 0 Å². The zero-order valence-electron chi connectivity index (χ0n) is 19.3. The number of carbonyl (C=O) groups is 2. The third kappa shape index (κ3) is 4.46. The minimum atomic E-state index is -3.63. The first kappa shape index (κ1) is 23.3. The summed E-state index contributed by atoms with van der Waals surface area (Å²) in [5, 5.41) is 12.0. The average Bonchev–Trinajstić information content (AvgIpc) is 3.38. The van der Waals surface area contributed by atoms with Gasteiger partial charge in [0, 0.05) is 28.2 Å². The fourth-order valence-electron chi connectivity index (χ4n) is 4.28. The number of rotatable bonds is 6. The standard InChI is InChI=1S/C28H22N2O5S/c1-17-13-22(19-7-9-20(10-8-19)28(32)33)26(29-17)15-24-23-14-21(11-12-25(23)30-27(24)31)36(34,35)16-18-5-3-2-4-6-18/h2-15,29H,16H2,1H3,(H,30,31)(H,32,33). The molecule has 5 rings (SSSR count). The first-order valence-electron chi connectivity index (χ1n) is 11.2. The lowest BCUT2D eigenvalue weighted by Crippen LogP contribution is -2.05. The van der Waals surface area contributed by atoms with Gasteiger partial charge in [-0.05, 0) is 60.5 Å². The summed E-state index contributed by atoms with van der Waals surface area (Å²) in [4.78, 5) is 27.4. The van der Waals surface area contributed by atoms with Gasteiger partial charge in [-0.1, -0.05) is 42.5 Å². The topological polar surface area (TPSA) is 116 Å². The minimum absolute atomic E-state index is 0.139. The number of sulfone groups is 1. The van der Waals surface area contributed by atoms with Crippen molar-refractivity contribution in [2.45, 2.75) is 17.6 Å². The van der Waals surface area contributed by atoms with E-state index in [2.05, 4.69) is 10.3 Å². The van der Waals surface area contributed by atoms with Crippen LogP contribution >= 0.6 is 0 Å². The summed E-state index contributed by atoms with van der Waals surface area (Å²) in [7, 11) is -3.63. The second-order valence-corrected chi connectivity index (χ2v) is 10.6. The van der Waals surface area contributed by atoms with Crippen LogP contribution in [0, 0.1) is 6.92 Å². The van der Waals surface area contributed by atoms with Crippen LogP contribution < -0.4 is 5.32 Å². The maximum atomic E-state index is 13.1. The number of benzene rings is 3. The fraction of sp³-hybridized carbons (Fsp3) is 0.0714. The van der Waals surface area contributed by atoms with Gasteiger partial charge < -0.3 is 15.4 Å². The SMILES string of the molecule is Cc1cc(-c2ccc(C(=O)O)cc2)c(C=C2C(=O)Nc3ccc(S(=O)(=O)Cc4ccccc4)cc32)[nH]1. The Morgan fingerprint density at radius 3 is 2.36 bits per heavy atom. The van der Waals surface area contributed by atoms with Crippen LogP contribution in [0.2, 0.25) is 0 Å². The number of anilines is 1. The molecule has 1 aromatic heterocycles. The van der Waals surface area contributed by atoms with Crippen molar-refractivity contribution in [3.05, 3.63) is 107 Å². The number of aromatic nitrogens is 1. The van der Waals surface area contributed by atoms with Crippen molar-refractivity contribution in [2.24, 2.45) is 0 Å². The highest BCUT2D eigenvalue weighted by Gasteiger charge is 2.27. The smallest absolute Gasteiger partial charge is 0.335 e. The van der Waals surface area contributed by atoms with Gasteiger partial charge in [-0.3, -0.25) is 4.79 Å². The second-order valence-electron chi connectivity index (χ2n) is 8.63. The summed E-state index contributed by atoms with van der Waals surface area (Å²) in [5.41, 5.74) is 5.35. The summed E-state index contributed by atoms with van der Waals surface area (Å²) in [6, 6.07) is 22.0. The van der Waals surface area contributed by atoms with E-state index in [4.69, 9.17) is 0 Å². The van der Waals surface area contributed by atoms with E-state index in [1.54, 1.807) is 48.5 Å². The molecule has 1 amide bonds. The van der Waals surface area contributed by atoms with E-state index in [1.165, 1.54) is 24.3 Å². The van der Waals surface area contributed by atoms with Crippen LogP contribution in [0.25, 0.3) is 22.8 Å². The second kappa shape index (κ2) is 8.98. The first-order valence-corrected chi connectivity index (χ1v) is 12.8. The van der Waals surface area contributed by atoms with Gasteiger partial charge in [0.2, 0.25) is 0 Å². The number of aromatic amines is 1. The first-order chi connectivity index (χ1) is 17.2. The summed E-state index contributed by atoms with van der Waals surface area (Å²) in [5.74, 6) is -1.48. The number of carboxylic acids is 1. The van der Waals surface area contributed by atoms with Gasteiger partial charge in [-0.25, -0.2) is 13.2 Å². The number of H-pyrrole nitrogens is 1. The number of carbonyl (C=O) groups excluding carboxylic acids is 1. The highest BCUT2D eigenvalue weighted by molar-refractivity contribution is 7.90. The van der Waals surface area contributed by atoms with Crippen molar-refractivity contribution in [1.29, 1.82) is 0 Å². The highest BCUT2D eigenvalue weighted by Crippen LogP contribution is 2.37. The zero-order valence-corrected chi connectivity index (χ0v) is 20.1. The molecule has 0 atom stereocenters. The number of aryl methyl sites for hydroxylation is 1. The fourth-order valence-corrected chi connectivity index (χ4v) is 5.65. The van der Waals surface area contributed by atoms with Crippen molar-refractivity contribution in [2.75, 3.05) is 5.32 Å². The van der Waals surface area contributed by atoms with Crippen LogP contribution in [0.15, 0.2) is 83.8 Å². The number of carboxylic acid groups (broad SMARTS) is 1. The predicted octanol–water partition coefficient (Wildman–Crippen LogP) is 5.15. The van der Waals surface area contributed by atoms with Crippen LogP contribution in [-0.4, -0.2) is 30.4 Å². The number of aromatic carboxylic acids is 1. The van der Waals surface area contributed by atoms with E-state index in [-0.39, 0.29) is 22.1 Å². The molecule has 0 spiro atoms. The van der Waals surface area contributed by atoms with Crippen molar-refractivity contribution in [3.63, 3.8) is 0 Å². The van der Waals surface area contributed by atoms with E-state index in [1.807, 2.05) is 19.1 Å². The molecule has 0 aliphatic carbocycles. The lowest BCUT2D eigenvalue weighted by Gasteiger charge is -2.07. The Bertz CT molecular complexity index is 1630. The molecular weight excluding hydrogens is 476 g/mol. The van der Waals surface area contributed by atoms with Gasteiger partial charge in [0.05, 0.1) is 21.8 Å². The highest BCUT2D eigenvalue weighted by atomic mass is 32.2. The van der Waals surface area contributed by atoms with Crippen molar-refractivity contribution in [3.8, 4) is 11.1 Å². The molecule has 0 radical (unpaired) electrons. The number of nitrogens with one attached hydrogen (secondary N) is 2.